The van der Waals surface area contributed by atoms with E-state index in [1.165, 1.54) is 0 Å². The first kappa shape index (κ1) is 43.7. The summed E-state index contributed by atoms with van der Waals surface area (Å²) < 4.78 is 11.8. The maximum absolute atomic E-state index is 14.5. The predicted molar refractivity (Wildman–Crippen MR) is 198 cm³/mol. The number of carbonyl (C=O) groups is 4. The van der Waals surface area contributed by atoms with Crippen LogP contribution in [0.15, 0.2) is 10.1 Å². The molecule has 0 aromatic carbocycles. The summed E-state index contributed by atoms with van der Waals surface area (Å²) in [5.74, 6) is 0.0972. The number of ketones is 1. The van der Waals surface area contributed by atoms with E-state index in [0.717, 1.165) is 19.3 Å². The van der Waals surface area contributed by atoms with Crippen molar-refractivity contribution in [3.63, 3.8) is 0 Å². The highest BCUT2D eigenvalue weighted by molar-refractivity contribution is 5.88. The molecule has 2 aliphatic rings. The maximum Gasteiger partial charge on any atom is 0.247 e. The molecule has 2 heterocycles. The van der Waals surface area contributed by atoms with E-state index in [0.29, 0.717) is 58.1 Å². The lowest BCUT2D eigenvalue weighted by molar-refractivity contribution is -0.146. The lowest BCUT2D eigenvalue weighted by atomic mass is 9.89. The monoisotopic (exact) mass is 720 g/mol. The van der Waals surface area contributed by atoms with Crippen LogP contribution in [0.25, 0.3) is 10.4 Å². The molecule has 7 atom stereocenters. The summed E-state index contributed by atoms with van der Waals surface area (Å²) in [5.41, 5.74) is 8.48. The first-order valence-corrected chi connectivity index (χ1v) is 18.6. The number of methoxy groups -OCH3 is 2. The van der Waals surface area contributed by atoms with Crippen molar-refractivity contribution < 1.29 is 28.7 Å². The van der Waals surface area contributed by atoms with Crippen LogP contribution in [0.3, 0.4) is 0 Å². The zero-order chi connectivity index (χ0) is 38.4. The molecule has 2 rings (SSSR count). The van der Waals surface area contributed by atoms with E-state index in [1.807, 2.05) is 49.6 Å². The summed E-state index contributed by atoms with van der Waals surface area (Å²) in [6, 6.07) is -1.28. The summed E-state index contributed by atoms with van der Waals surface area (Å²) in [6.07, 6.45) is 2.37. The van der Waals surface area contributed by atoms with Gasteiger partial charge in [0, 0.05) is 91.9 Å². The number of amides is 3. The van der Waals surface area contributed by atoms with Gasteiger partial charge >= 0.3 is 0 Å². The van der Waals surface area contributed by atoms with Gasteiger partial charge in [-0.15, -0.1) is 0 Å². The summed E-state index contributed by atoms with van der Waals surface area (Å²) in [6.45, 7) is 14.6. The molecule has 2 saturated heterocycles. The number of likely N-dealkylation sites (N-methyl/N-ethyl adjacent to an activating group) is 1. The molecule has 0 spiro atoms. The normalized spacial score (nSPS) is 20.3. The van der Waals surface area contributed by atoms with Crippen molar-refractivity contribution in [2.24, 2.45) is 27.9 Å². The standard InChI is InChI=1S/C36H65N9O6/c1-12-25(4)33(29(50-10)23-31(48)45-18-14-15-28(45)34(51-11)26(5)27(6)46)42(9)35(49)32(24(2)3)39-36(41(7)8)44-21-19-43(20-22-44)30(47)16-13-17-38-40-37/h24-26,28-29,32-34H,12-23H2,1-11H3/b39-36+/t25-,26-,28-,29+,32-,33-,34+/m0/s1. The molecule has 0 N–H and O–H groups in total. The van der Waals surface area contributed by atoms with Gasteiger partial charge in [-0.25, -0.2) is 4.99 Å². The first-order valence-electron chi connectivity index (χ1n) is 18.6. The Balaban J connectivity index is 2.29. The summed E-state index contributed by atoms with van der Waals surface area (Å²) in [4.78, 5) is 70.6. The van der Waals surface area contributed by atoms with E-state index >= 15 is 0 Å². The van der Waals surface area contributed by atoms with Crippen LogP contribution in [0.4, 0.5) is 0 Å². The third-order valence-corrected chi connectivity index (χ3v) is 10.7. The number of likely N-dealkylation sites (tertiary alicyclic amines) is 1. The van der Waals surface area contributed by atoms with E-state index in [4.69, 9.17) is 20.0 Å². The fraction of sp³-hybridized carbons (Fsp3) is 0.861. The number of Topliss-reactive ketones (excluding diaryl/α,β-unsaturated/α-hetero) is 1. The fourth-order valence-corrected chi connectivity index (χ4v) is 7.35. The minimum absolute atomic E-state index is 0.0259. The number of aliphatic imine (C=N–C) groups is 1. The van der Waals surface area contributed by atoms with E-state index in [1.54, 1.807) is 33.1 Å². The van der Waals surface area contributed by atoms with E-state index in [-0.39, 0.29) is 65.9 Å². The number of hydrogen-bond acceptors (Lipinski definition) is 8. The zero-order valence-corrected chi connectivity index (χ0v) is 33.1. The average molecular weight is 720 g/mol. The summed E-state index contributed by atoms with van der Waals surface area (Å²) in [7, 11) is 8.79. The van der Waals surface area contributed by atoms with Crippen LogP contribution < -0.4 is 0 Å². The molecule has 0 saturated carbocycles. The average Bonchev–Trinajstić information content (AvgIpc) is 3.59. The second kappa shape index (κ2) is 21.2. The van der Waals surface area contributed by atoms with Crippen molar-refractivity contribution in [3.8, 4) is 0 Å². The van der Waals surface area contributed by atoms with Crippen molar-refractivity contribution in [3.05, 3.63) is 10.4 Å². The maximum atomic E-state index is 14.5. The van der Waals surface area contributed by atoms with E-state index in [2.05, 4.69) is 28.8 Å². The molecule has 0 radical (unpaired) electrons. The lowest BCUT2D eigenvalue weighted by Gasteiger charge is -2.41. The van der Waals surface area contributed by atoms with Crippen molar-refractivity contribution >= 4 is 29.5 Å². The summed E-state index contributed by atoms with van der Waals surface area (Å²) in [5, 5.41) is 3.51. The topological polar surface area (TPSA) is 164 Å². The van der Waals surface area contributed by atoms with Gasteiger partial charge in [-0.05, 0) is 43.6 Å². The largest absolute Gasteiger partial charge is 0.379 e. The van der Waals surface area contributed by atoms with E-state index < -0.39 is 12.1 Å². The van der Waals surface area contributed by atoms with Gasteiger partial charge in [-0.2, -0.15) is 0 Å². The number of rotatable bonds is 18. The number of azide groups is 1. The molecule has 51 heavy (non-hydrogen) atoms. The predicted octanol–water partition coefficient (Wildman–Crippen LogP) is 3.67. The molecule has 15 heteroatoms. The van der Waals surface area contributed by atoms with Gasteiger partial charge in [-0.1, -0.05) is 46.2 Å². The molecule has 290 valence electrons. The quantitative estimate of drug-likeness (QED) is 0.0517. The van der Waals surface area contributed by atoms with Crippen LogP contribution in [-0.2, 0) is 28.7 Å². The molecule has 15 nitrogen and oxygen atoms in total. The van der Waals surface area contributed by atoms with Gasteiger partial charge in [0.2, 0.25) is 17.7 Å². The van der Waals surface area contributed by atoms with Crippen molar-refractivity contribution in [2.75, 3.05) is 74.6 Å². The number of carbonyl (C=O) groups excluding carboxylic acids is 4. The molecule has 0 aromatic heterocycles. The molecule has 2 fully saturated rings. The molecule has 0 aromatic rings. The Bertz CT molecular complexity index is 1230. The minimum Gasteiger partial charge on any atom is -0.379 e. The number of hydrogen-bond donors (Lipinski definition) is 0. The van der Waals surface area contributed by atoms with Gasteiger partial charge in [0.15, 0.2) is 5.96 Å². The minimum atomic E-state index is -0.689. The SMILES string of the molecule is CC[C@H](C)[C@@H]([C@@H](CC(=O)N1CCC[C@H]1[C@H](OC)[C@@H](C)C(C)=O)OC)N(C)C(=O)[C@@H](/N=C(\N(C)C)N1CCN(C(=O)CCCN=[N+]=[N-])CC1)C(C)C. The smallest absolute Gasteiger partial charge is 0.247 e. The zero-order valence-electron chi connectivity index (χ0n) is 33.1. The first-order chi connectivity index (χ1) is 24.1. The van der Waals surface area contributed by atoms with Crippen molar-refractivity contribution in [1.29, 1.82) is 0 Å². The van der Waals surface area contributed by atoms with E-state index in [9.17, 15) is 19.2 Å². The number of piperazine rings is 1. The van der Waals surface area contributed by atoms with Crippen LogP contribution in [0.2, 0.25) is 0 Å². The van der Waals surface area contributed by atoms with Crippen LogP contribution in [0.1, 0.15) is 80.1 Å². The molecular formula is C36H65N9O6. The second-order valence-electron chi connectivity index (χ2n) is 14.6. The highest BCUT2D eigenvalue weighted by Crippen LogP contribution is 2.30. The molecule has 0 aliphatic carbocycles. The Labute approximate surface area is 305 Å². The van der Waals surface area contributed by atoms with Crippen molar-refractivity contribution in [1.82, 2.24) is 24.5 Å². The van der Waals surface area contributed by atoms with Crippen LogP contribution in [0, 0.1) is 17.8 Å². The number of ether oxygens (including phenoxy) is 2. The molecular weight excluding hydrogens is 654 g/mol. The van der Waals surface area contributed by atoms with Gasteiger partial charge in [-0.3, -0.25) is 19.2 Å². The molecule has 3 amide bonds. The van der Waals surface area contributed by atoms with Gasteiger partial charge in [0.1, 0.15) is 11.8 Å². The third-order valence-electron chi connectivity index (χ3n) is 10.7. The Morgan fingerprint density at radius 2 is 1.57 bits per heavy atom. The highest BCUT2D eigenvalue weighted by atomic mass is 16.5. The van der Waals surface area contributed by atoms with Crippen LogP contribution in [-0.4, -0.2) is 159 Å². The molecule has 0 unspecified atom stereocenters. The number of nitrogens with zero attached hydrogens (tertiary/aromatic N) is 9. The van der Waals surface area contributed by atoms with Gasteiger partial charge in [0.25, 0.3) is 0 Å². The second-order valence-corrected chi connectivity index (χ2v) is 14.6. The van der Waals surface area contributed by atoms with Crippen LogP contribution in [0.5, 0.6) is 0 Å². The fourth-order valence-electron chi connectivity index (χ4n) is 7.35. The Kier molecular flexibility index (Phi) is 18.2. The van der Waals surface area contributed by atoms with Crippen molar-refractivity contribution in [2.45, 2.75) is 110 Å². The lowest BCUT2D eigenvalue weighted by Crippen LogP contribution is -2.56. The van der Waals surface area contributed by atoms with Gasteiger partial charge in [0.05, 0.1) is 30.7 Å². The Morgan fingerprint density at radius 3 is 2.08 bits per heavy atom. The third kappa shape index (κ3) is 11.8. The Morgan fingerprint density at radius 1 is 0.941 bits per heavy atom. The highest BCUT2D eigenvalue weighted by Gasteiger charge is 2.42. The van der Waals surface area contributed by atoms with Crippen LogP contribution >= 0.6 is 0 Å². The molecule has 2 aliphatic heterocycles. The Hall–Kier alpha value is -3.42. The van der Waals surface area contributed by atoms with Gasteiger partial charge < -0.3 is 34.0 Å². The summed E-state index contributed by atoms with van der Waals surface area (Å²) >= 11 is 0. The molecule has 0 bridgehead atoms. The number of guanidine groups is 1.